The quantitative estimate of drug-likeness (QED) is 0.758. The van der Waals surface area contributed by atoms with Gasteiger partial charge in [-0.05, 0) is 37.6 Å². The van der Waals surface area contributed by atoms with Crippen LogP contribution >= 0.6 is 15.9 Å². The molecule has 0 saturated heterocycles. The summed E-state index contributed by atoms with van der Waals surface area (Å²) in [5.74, 6) is 0. The molecule has 16 heavy (non-hydrogen) atoms. The molecule has 1 rings (SSSR count). The van der Waals surface area contributed by atoms with Crippen molar-refractivity contribution >= 4 is 15.9 Å². The third kappa shape index (κ3) is 2.56. The molecule has 0 aliphatic rings. The van der Waals surface area contributed by atoms with Crippen LogP contribution in [0, 0.1) is 11.3 Å². The smallest absolute Gasteiger partial charge is 0.197 e. The third-order valence-electron chi connectivity index (χ3n) is 2.25. The number of alkyl halides is 3. The van der Waals surface area contributed by atoms with Gasteiger partial charge in [0, 0.05) is 4.47 Å². The van der Waals surface area contributed by atoms with Crippen LogP contribution in [0.15, 0.2) is 22.7 Å². The first-order valence-electron chi connectivity index (χ1n) is 4.47. The molecule has 0 atom stereocenters. The highest BCUT2D eigenvalue weighted by molar-refractivity contribution is 9.10. The number of rotatable bonds is 1. The Balaban J connectivity index is 3.37. The van der Waals surface area contributed by atoms with E-state index in [2.05, 4.69) is 15.9 Å². The van der Waals surface area contributed by atoms with E-state index in [-0.39, 0.29) is 0 Å². The molecule has 5 heteroatoms. The first-order chi connectivity index (χ1) is 7.18. The largest absolute Gasteiger partial charge is 0.416 e. The normalized spacial score (nSPS) is 12.3. The molecule has 1 aromatic rings. The Kier molecular flexibility index (Phi) is 3.34. The maximum Gasteiger partial charge on any atom is 0.416 e. The zero-order valence-electron chi connectivity index (χ0n) is 8.69. The molecule has 86 valence electrons. The van der Waals surface area contributed by atoms with Crippen molar-refractivity contribution in [2.45, 2.75) is 25.4 Å². The Labute approximate surface area is 100 Å². The van der Waals surface area contributed by atoms with Crippen molar-refractivity contribution in [3.63, 3.8) is 0 Å². The van der Waals surface area contributed by atoms with Gasteiger partial charge < -0.3 is 0 Å². The van der Waals surface area contributed by atoms with E-state index in [1.165, 1.54) is 6.07 Å². The van der Waals surface area contributed by atoms with Crippen molar-refractivity contribution in [3.8, 4) is 6.07 Å². The Hall–Kier alpha value is -1.02. The first kappa shape index (κ1) is 13.0. The van der Waals surface area contributed by atoms with Crippen molar-refractivity contribution in [1.82, 2.24) is 0 Å². The summed E-state index contributed by atoms with van der Waals surface area (Å²) in [6.45, 7) is 3.15. The van der Waals surface area contributed by atoms with E-state index in [9.17, 15) is 13.2 Å². The van der Waals surface area contributed by atoms with Crippen LogP contribution < -0.4 is 0 Å². The van der Waals surface area contributed by atoms with E-state index in [1.54, 1.807) is 13.8 Å². The Morgan fingerprint density at radius 1 is 1.25 bits per heavy atom. The van der Waals surface area contributed by atoms with E-state index in [0.717, 1.165) is 12.1 Å². The molecule has 0 radical (unpaired) electrons. The fraction of sp³-hybridized carbons (Fsp3) is 0.364. The minimum atomic E-state index is -4.39. The van der Waals surface area contributed by atoms with Gasteiger partial charge in [-0.1, -0.05) is 15.9 Å². The standard InChI is InChI=1S/C11H9BrF3N/c1-10(2,6-16)8-5-7(11(13,14)15)3-4-9(8)12/h3-5H,1-2H3. The zero-order chi connectivity index (χ0) is 12.6. The lowest BCUT2D eigenvalue weighted by molar-refractivity contribution is -0.137. The fourth-order valence-electron chi connectivity index (χ4n) is 1.24. The highest BCUT2D eigenvalue weighted by Gasteiger charge is 2.33. The van der Waals surface area contributed by atoms with Gasteiger partial charge in [0.1, 0.15) is 0 Å². The Bertz CT molecular complexity index is 444. The minimum Gasteiger partial charge on any atom is -0.197 e. The van der Waals surface area contributed by atoms with Gasteiger partial charge in [0.05, 0.1) is 17.0 Å². The second-order valence-electron chi connectivity index (χ2n) is 3.93. The van der Waals surface area contributed by atoms with Crippen molar-refractivity contribution in [3.05, 3.63) is 33.8 Å². The molecule has 0 aliphatic heterocycles. The van der Waals surface area contributed by atoms with Crippen LogP contribution in [0.5, 0.6) is 0 Å². The Morgan fingerprint density at radius 2 is 1.81 bits per heavy atom. The van der Waals surface area contributed by atoms with E-state index >= 15 is 0 Å². The summed E-state index contributed by atoms with van der Waals surface area (Å²) in [5.41, 5.74) is -1.36. The maximum atomic E-state index is 12.5. The summed E-state index contributed by atoms with van der Waals surface area (Å²) >= 11 is 3.16. The number of hydrogen-bond donors (Lipinski definition) is 0. The van der Waals surface area contributed by atoms with Crippen LogP contribution in [0.1, 0.15) is 25.0 Å². The fourth-order valence-corrected chi connectivity index (χ4v) is 1.98. The average Bonchev–Trinajstić information content (AvgIpc) is 2.16. The summed E-state index contributed by atoms with van der Waals surface area (Å²) in [6.07, 6.45) is -4.39. The van der Waals surface area contributed by atoms with Crippen LogP contribution in [0.25, 0.3) is 0 Å². The van der Waals surface area contributed by atoms with Crippen molar-refractivity contribution in [1.29, 1.82) is 5.26 Å². The number of nitrogens with zero attached hydrogens (tertiary/aromatic N) is 1. The Morgan fingerprint density at radius 3 is 2.25 bits per heavy atom. The molecule has 1 nitrogen and oxygen atoms in total. The lowest BCUT2D eigenvalue weighted by atomic mass is 9.85. The molecule has 0 aromatic heterocycles. The van der Waals surface area contributed by atoms with Gasteiger partial charge in [0.25, 0.3) is 0 Å². The lowest BCUT2D eigenvalue weighted by Gasteiger charge is -2.19. The van der Waals surface area contributed by atoms with Gasteiger partial charge in [0.2, 0.25) is 0 Å². The molecule has 0 N–H and O–H groups in total. The van der Waals surface area contributed by atoms with E-state index < -0.39 is 17.2 Å². The summed E-state index contributed by atoms with van der Waals surface area (Å²) in [6, 6.07) is 5.29. The average molecular weight is 292 g/mol. The van der Waals surface area contributed by atoms with Gasteiger partial charge >= 0.3 is 6.18 Å². The summed E-state index contributed by atoms with van der Waals surface area (Å²) in [4.78, 5) is 0. The molecular formula is C11H9BrF3N. The highest BCUT2D eigenvalue weighted by atomic mass is 79.9. The van der Waals surface area contributed by atoms with Crippen molar-refractivity contribution in [2.75, 3.05) is 0 Å². The lowest BCUT2D eigenvalue weighted by Crippen LogP contribution is -2.16. The highest BCUT2D eigenvalue weighted by Crippen LogP contribution is 2.36. The van der Waals surface area contributed by atoms with Gasteiger partial charge in [-0.25, -0.2) is 0 Å². The SMILES string of the molecule is CC(C)(C#N)c1cc(C(F)(F)F)ccc1Br. The number of hydrogen-bond acceptors (Lipinski definition) is 1. The van der Waals surface area contributed by atoms with Crippen LogP contribution in [-0.2, 0) is 11.6 Å². The number of benzene rings is 1. The van der Waals surface area contributed by atoms with Crippen LogP contribution in [0.4, 0.5) is 13.2 Å². The van der Waals surface area contributed by atoms with Gasteiger partial charge in [0.15, 0.2) is 0 Å². The zero-order valence-corrected chi connectivity index (χ0v) is 10.3. The van der Waals surface area contributed by atoms with Crippen LogP contribution in [-0.4, -0.2) is 0 Å². The first-order valence-corrected chi connectivity index (χ1v) is 5.26. The molecule has 0 fully saturated rings. The summed E-state index contributed by atoms with van der Waals surface area (Å²) in [5, 5.41) is 8.91. The topological polar surface area (TPSA) is 23.8 Å². The molecule has 0 amide bonds. The molecule has 0 aliphatic carbocycles. The molecule has 0 unspecified atom stereocenters. The predicted octanol–water partition coefficient (Wildman–Crippen LogP) is 4.27. The van der Waals surface area contributed by atoms with E-state index in [4.69, 9.17) is 5.26 Å². The van der Waals surface area contributed by atoms with Gasteiger partial charge in [-0.3, -0.25) is 0 Å². The number of nitriles is 1. The van der Waals surface area contributed by atoms with Gasteiger partial charge in [-0.2, -0.15) is 18.4 Å². The molecule has 0 spiro atoms. The van der Waals surface area contributed by atoms with Crippen molar-refractivity contribution in [2.24, 2.45) is 0 Å². The molecular weight excluding hydrogens is 283 g/mol. The second-order valence-corrected chi connectivity index (χ2v) is 4.78. The second kappa shape index (κ2) is 4.10. The van der Waals surface area contributed by atoms with Crippen LogP contribution in [0.3, 0.4) is 0 Å². The molecule has 0 heterocycles. The van der Waals surface area contributed by atoms with Crippen molar-refractivity contribution < 1.29 is 13.2 Å². The third-order valence-corrected chi connectivity index (χ3v) is 2.94. The van der Waals surface area contributed by atoms with E-state index in [0.29, 0.717) is 10.0 Å². The number of halogens is 4. The monoisotopic (exact) mass is 291 g/mol. The summed E-state index contributed by atoms with van der Waals surface area (Å²) < 4.78 is 38.0. The predicted molar refractivity (Wildman–Crippen MR) is 57.8 cm³/mol. The molecule has 0 saturated carbocycles. The van der Waals surface area contributed by atoms with Crippen LogP contribution in [0.2, 0.25) is 0 Å². The van der Waals surface area contributed by atoms with E-state index in [1.807, 2.05) is 6.07 Å². The van der Waals surface area contributed by atoms with Gasteiger partial charge in [-0.15, -0.1) is 0 Å². The maximum absolute atomic E-state index is 12.5. The molecule has 0 bridgehead atoms. The summed E-state index contributed by atoms with van der Waals surface area (Å²) in [7, 11) is 0. The molecule has 1 aromatic carbocycles. The minimum absolute atomic E-state index is 0.338.